The van der Waals surface area contributed by atoms with E-state index in [0.29, 0.717) is 12.0 Å². The molecule has 180 valence electrons. The Morgan fingerprint density at radius 2 is 1.88 bits per heavy atom. The van der Waals surface area contributed by atoms with E-state index in [-0.39, 0.29) is 18.3 Å². The molecule has 1 saturated heterocycles. The van der Waals surface area contributed by atoms with Gasteiger partial charge in [-0.05, 0) is 120 Å². The molecule has 1 aliphatic carbocycles. The Hall–Kier alpha value is -0.980. The standard InChI is InChI=1S/C26H40BrFN2O2/c1-3-30(26(31)19-32-2)24-9-6-20(7-10-24)5-4-14-29-15-12-21(13-16-29)17-22-18-23(28)8-11-25(22)27/h8,11,18,20-21,24H,3-7,9-10,12-17,19H2,1-2H3/t20-,24-. The van der Waals surface area contributed by atoms with Crippen LogP contribution in [0.3, 0.4) is 0 Å². The zero-order chi connectivity index (χ0) is 22.9. The van der Waals surface area contributed by atoms with Gasteiger partial charge in [0.25, 0.3) is 0 Å². The first-order chi connectivity index (χ1) is 15.5. The van der Waals surface area contributed by atoms with Crippen molar-refractivity contribution in [3.8, 4) is 0 Å². The first kappa shape index (κ1) is 25.6. The molecule has 4 nitrogen and oxygen atoms in total. The molecule has 32 heavy (non-hydrogen) atoms. The maximum atomic E-state index is 13.6. The summed E-state index contributed by atoms with van der Waals surface area (Å²) in [5, 5.41) is 0. The summed E-state index contributed by atoms with van der Waals surface area (Å²) in [6.45, 7) is 6.58. The van der Waals surface area contributed by atoms with Gasteiger partial charge >= 0.3 is 0 Å². The van der Waals surface area contributed by atoms with Crippen LogP contribution in [0, 0.1) is 17.7 Å². The number of methoxy groups -OCH3 is 1. The summed E-state index contributed by atoms with van der Waals surface area (Å²) < 4.78 is 19.6. The normalized spacial score (nSPS) is 22.8. The molecular formula is C26H40BrFN2O2. The third kappa shape index (κ3) is 7.53. The number of halogens is 2. The Kier molecular flexibility index (Phi) is 10.5. The molecule has 1 aromatic rings. The van der Waals surface area contributed by atoms with E-state index in [9.17, 15) is 9.18 Å². The fourth-order valence-corrected chi connectivity index (χ4v) is 6.03. The van der Waals surface area contributed by atoms with Crippen LogP contribution in [0.5, 0.6) is 0 Å². The summed E-state index contributed by atoms with van der Waals surface area (Å²) >= 11 is 3.57. The van der Waals surface area contributed by atoms with E-state index >= 15 is 0 Å². The predicted octanol–water partition coefficient (Wildman–Crippen LogP) is 5.68. The molecule has 0 spiro atoms. The van der Waals surface area contributed by atoms with Crippen LogP contribution in [0.4, 0.5) is 4.39 Å². The highest BCUT2D eigenvalue weighted by Gasteiger charge is 2.28. The Morgan fingerprint density at radius 1 is 1.16 bits per heavy atom. The molecule has 1 aromatic carbocycles. The lowest BCUT2D eigenvalue weighted by Crippen LogP contribution is -2.43. The number of hydrogen-bond donors (Lipinski definition) is 0. The summed E-state index contributed by atoms with van der Waals surface area (Å²) in [7, 11) is 1.59. The van der Waals surface area contributed by atoms with Crippen LogP contribution in [-0.2, 0) is 16.0 Å². The highest BCUT2D eigenvalue weighted by Crippen LogP contribution is 2.31. The lowest BCUT2D eigenvalue weighted by Gasteiger charge is -2.37. The Balaban J connectivity index is 1.31. The van der Waals surface area contributed by atoms with Crippen LogP contribution in [0.15, 0.2) is 22.7 Å². The number of amides is 1. The molecule has 0 N–H and O–H groups in total. The number of hydrogen-bond acceptors (Lipinski definition) is 3. The van der Waals surface area contributed by atoms with E-state index in [1.54, 1.807) is 13.2 Å². The fraction of sp³-hybridized carbons (Fsp3) is 0.731. The van der Waals surface area contributed by atoms with Crippen molar-refractivity contribution in [2.45, 2.75) is 70.8 Å². The molecule has 3 rings (SSSR count). The second-order valence-electron chi connectivity index (χ2n) is 9.65. The summed E-state index contributed by atoms with van der Waals surface area (Å²) in [4.78, 5) is 16.9. The van der Waals surface area contributed by atoms with E-state index in [2.05, 4.69) is 27.8 Å². The molecule has 1 heterocycles. The average molecular weight is 512 g/mol. The molecule has 2 aliphatic rings. The number of piperidine rings is 1. The van der Waals surface area contributed by atoms with Crippen molar-refractivity contribution in [1.29, 1.82) is 0 Å². The van der Waals surface area contributed by atoms with Crippen LogP contribution in [0.1, 0.15) is 63.9 Å². The van der Waals surface area contributed by atoms with Gasteiger partial charge in [-0.15, -0.1) is 0 Å². The molecule has 0 bridgehead atoms. The van der Waals surface area contributed by atoms with Gasteiger partial charge in [-0.25, -0.2) is 4.39 Å². The zero-order valence-electron chi connectivity index (χ0n) is 19.8. The van der Waals surface area contributed by atoms with Gasteiger partial charge in [0.15, 0.2) is 0 Å². The minimum atomic E-state index is -0.140. The maximum Gasteiger partial charge on any atom is 0.248 e. The SMILES string of the molecule is CCN(C(=O)COC)[C@H]1CC[C@H](CCCN2CCC(Cc3cc(F)ccc3Br)CC2)CC1. The highest BCUT2D eigenvalue weighted by molar-refractivity contribution is 9.10. The number of likely N-dealkylation sites (N-methyl/N-ethyl adjacent to an activating group) is 1. The molecule has 0 radical (unpaired) electrons. The van der Waals surface area contributed by atoms with Crippen molar-refractivity contribution in [3.63, 3.8) is 0 Å². The van der Waals surface area contributed by atoms with Crippen LogP contribution in [0.25, 0.3) is 0 Å². The van der Waals surface area contributed by atoms with Gasteiger partial charge in [-0.2, -0.15) is 0 Å². The Morgan fingerprint density at radius 3 is 2.53 bits per heavy atom. The number of likely N-dealkylation sites (tertiary alicyclic amines) is 1. The van der Waals surface area contributed by atoms with Crippen molar-refractivity contribution in [1.82, 2.24) is 9.80 Å². The molecule has 1 aliphatic heterocycles. The van der Waals surface area contributed by atoms with Crippen molar-refractivity contribution < 1.29 is 13.9 Å². The highest BCUT2D eigenvalue weighted by atomic mass is 79.9. The van der Waals surface area contributed by atoms with Gasteiger partial charge in [0.05, 0.1) is 0 Å². The van der Waals surface area contributed by atoms with Gasteiger partial charge in [0, 0.05) is 24.2 Å². The third-order valence-electron chi connectivity index (χ3n) is 7.50. The largest absolute Gasteiger partial charge is 0.375 e. The molecule has 0 aromatic heterocycles. The van der Waals surface area contributed by atoms with Crippen LogP contribution in [-0.4, -0.2) is 61.6 Å². The molecule has 1 saturated carbocycles. The van der Waals surface area contributed by atoms with Gasteiger partial charge < -0.3 is 14.5 Å². The minimum Gasteiger partial charge on any atom is -0.375 e. The fourth-order valence-electron chi connectivity index (χ4n) is 5.62. The van der Waals surface area contributed by atoms with E-state index < -0.39 is 0 Å². The molecule has 6 heteroatoms. The van der Waals surface area contributed by atoms with E-state index in [1.807, 2.05) is 11.0 Å². The number of ether oxygens (including phenoxy) is 1. The van der Waals surface area contributed by atoms with Gasteiger partial charge in [-0.3, -0.25) is 4.79 Å². The Labute approximate surface area is 202 Å². The summed E-state index contributed by atoms with van der Waals surface area (Å²) in [5.74, 6) is 1.46. The second kappa shape index (κ2) is 13.0. The van der Waals surface area contributed by atoms with Crippen molar-refractivity contribution in [2.24, 2.45) is 11.8 Å². The minimum absolute atomic E-state index is 0.131. The van der Waals surface area contributed by atoms with Crippen molar-refractivity contribution >= 4 is 21.8 Å². The zero-order valence-corrected chi connectivity index (χ0v) is 21.4. The molecular weight excluding hydrogens is 471 g/mol. The number of carbonyl (C=O) groups excluding carboxylic acids is 1. The molecule has 0 unspecified atom stereocenters. The number of nitrogens with zero attached hydrogens (tertiary/aromatic N) is 2. The van der Waals surface area contributed by atoms with Crippen LogP contribution >= 0.6 is 15.9 Å². The van der Waals surface area contributed by atoms with E-state index in [4.69, 9.17) is 4.74 Å². The summed E-state index contributed by atoms with van der Waals surface area (Å²) in [6, 6.07) is 5.42. The summed E-state index contributed by atoms with van der Waals surface area (Å²) in [5.41, 5.74) is 1.10. The van der Waals surface area contributed by atoms with Crippen LogP contribution < -0.4 is 0 Å². The first-order valence-corrected chi connectivity index (χ1v) is 13.2. The van der Waals surface area contributed by atoms with Crippen molar-refractivity contribution in [3.05, 3.63) is 34.1 Å². The topological polar surface area (TPSA) is 32.8 Å². The van der Waals surface area contributed by atoms with E-state index in [0.717, 1.165) is 54.9 Å². The lowest BCUT2D eigenvalue weighted by atomic mass is 9.82. The monoisotopic (exact) mass is 510 g/mol. The number of carbonyl (C=O) groups is 1. The first-order valence-electron chi connectivity index (χ1n) is 12.4. The maximum absolute atomic E-state index is 13.6. The molecule has 1 amide bonds. The quantitative estimate of drug-likeness (QED) is 0.406. The van der Waals surface area contributed by atoms with Gasteiger partial charge in [0.1, 0.15) is 12.4 Å². The third-order valence-corrected chi connectivity index (χ3v) is 8.27. The molecule has 0 atom stereocenters. The second-order valence-corrected chi connectivity index (χ2v) is 10.5. The lowest BCUT2D eigenvalue weighted by molar-refractivity contribution is -0.138. The average Bonchev–Trinajstić information content (AvgIpc) is 2.79. The summed E-state index contributed by atoms with van der Waals surface area (Å²) in [6.07, 6.45) is 10.7. The predicted molar refractivity (Wildman–Crippen MR) is 131 cm³/mol. The van der Waals surface area contributed by atoms with E-state index in [1.165, 1.54) is 51.1 Å². The Bertz CT molecular complexity index is 716. The number of rotatable bonds is 10. The van der Waals surface area contributed by atoms with Gasteiger partial charge in [-0.1, -0.05) is 15.9 Å². The smallest absolute Gasteiger partial charge is 0.248 e. The van der Waals surface area contributed by atoms with Gasteiger partial charge in [0.2, 0.25) is 5.91 Å². The number of benzene rings is 1. The molecule has 2 fully saturated rings. The van der Waals surface area contributed by atoms with Crippen LogP contribution in [0.2, 0.25) is 0 Å². The van der Waals surface area contributed by atoms with Crippen molar-refractivity contribution in [2.75, 3.05) is 39.9 Å².